The van der Waals surface area contributed by atoms with Crippen LogP contribution in [0.5, 0.6) is 0 Å². The first-order valence-electron chi connectivity index (χ1n) is 6.00. The molecule has 1 atom stereocenters. The quantitative estimate of drug-likeness (QED) is 0.612. The first-order chi connectivity index (χ1) is 8.52. The van der Waals surface area contributed by atoms with Crippen LogP contribution in [0.2, 0.25) is 0 Å². The van der Waals surface area contributed by atoms with E-state index in [9.17, 15) is 9.90 Å². The van der Waals surface area contributed by atoms with Crippen molar-refractivity contribution in [2.75, 3.05) is 25.0 Å². The molecule has 0 fully saturated rings. The van der Waals surface area contributed by atoms with Crippen molar-refractivity contribution < 1.29 is 15.0 Å². The largest absolute Gasteiger partial charge is 0.393 e. The van der Waals surface area contributed by atoms with E-state index < -0.39 is 5.60 Å². The van der Waals surface area contributed by atoms with Crippen LogP contribution in [0, 0.1) is 0 Å². The molecular weight excluding hydrogens is 232 g/mol. The van der Waals surface area contributed by atoms with Gasteiger partial charge in [0.1, 0.15) is 5.60 Å². The predicted molar refractivity (Wildman–Crippen MR) is 68.7 cm³/mol. The molecule has 0 aliphatic carbocycles. The number of aliphatic hydroxyl groups is 2. The van der Waals surface area contributed by atoms with E-state index in [1.165, 1.54) is 6.92 Å². The molecule has 4 N–H and O–H groups in total. The Kier molecular flexibility index (Phi) is 3.54. The first-order valence-corrected chi connectivity index (χ1v) is 6.00. The van der Waals surface area contributed by atoms with Gasteiger partial charge in [0.15, 0.2) is 0 Å². The molecule has 0 saturated carbocycles. The molecule has 1 aliphatic heterocycles. The van der Waals surface area contributed by atoms with E-state index in [0.29, 0.717) is 5.56 Å². The molecule has 1 aromatic rings. The Labute approximate surface area is 106 Å². The Morgan fingerprint density at radius 1 is 1.56 bits per heavy atom. The van der Waals surface area contributed by atoms with Crippen LogP contribution in [-0.4, -0.2) is 41.4 Å². The number of fused-ring (bicyclic) bond motifs is 1. The summed E-state index contributed by atoms with van der Waals surface area (Å²) in [5.74, 6) is -0.238. The van der Waals surface area contributed by atoms with E-state index in [2.05, 4.69) is 10.6 Å². The normalized spacial score (nSPS) is 16.6. The first kappa shape index (κ1) is 12.9. The molecular formula is C13H18N2O3. The number of nitrogens with one attached hydrogen (secondary N) is 2. The Hall–Kier alpha value is -1.59. The fourth-order valence-corrected chi connectivity index (χ4v) is 1.87. The SMILES string of the molecule is CC(O)(CO)CNC(=O)c1ccc2c(c1)CCN2. The summed E-state index contributed by atoms with van der Waals surface area (Å²) in [6.07, 6.45) is 0.921. The average Bonchev–Trinajstić information content (AvgIpc) is 2.83. The molecule has 1 amide bonds. The van der Waals surface area contributed by atoms with Gasteiger partial charge in [0.05, 0.1) is 6.61 Å². The second-order valence-electron chi connectivity index (χ2n) is 4.89. The number of carbonyl (C=O) groups is 1. The lowest BCUT2D eigenvalue weighted by Crippen LogP contribution is -2.43. The van der Waals surface area contributed by atoms with Gasteiger partial charge in [0.25, 0.3) is 5.91 Å². The lowest BCUT2D eigenvalue weighted by molar-refractivity contribution is 0.00320. The number of anilines is 1. The second-order valence-corrected chi connectivity index (χ2v) is 4.89. The van der Waals surface area contributed by atoms with E-state index in [1.54, 1.807) is 6.07 Å². The van der Waals surface area contributed by atoms with Gasteiger partial charge in [-0.05, 0) is 37.1 Å². The molecule has 2 rings (SSSR count). The topological polar surface area (TPSA) is 81.6 Å². The highest BCUT2D eigenvalue weighted by Gasteiger charge is 2.20. The van der Waals surface area contributed by atoms with Crippen LogP contribution in [0.3, 0.4) is 0 Å². The van der Waals surface area contributed by atoms with Crippen LogP contribution in [0.25, 0.3) is 0 Å². The highest BCUT2D eigenvalue weighted by molar-refractivity contribution is 5.95. The fourth-order valence-electron chi connectivity index (χ4n) is 1.87. The number of hydrogen-bond acceptors (Lipinski definition) is 4. The summed E-state index contributed by atoms with van der Waals surface area (Å²) >= 11 is 0. The van der Waals surface area contributed by atoms with Gasteiger partial charge in [0.2, 0.25) is 0 Å². The summed E-state index contributed by atoms with van der Waals surface area (Å²) in [5.41, 5.74) is 1.50. The Bertz CT molecular complexity index is 458. The van der Waals surface area contributed by atoms with Gasteiger partial charge in [-0.25, -0.2) is 0 Å². The van der Waals surface area contributed by atoms with Gasteiger partial charge >= 0.3 is 0 Å². The maximum Gasteiger partial charge on any atom is 0.251 e. The van der Waals surface area contributed by atoms with Crippen LogP contribution < -0.4 is 10.6 Å². The molecule has 98 valence electrons. The minimum absolute atomic E-state index is 0.0255. The van der Waals surface area contributed by atoms with Gasteiger partial charge in [-0.3, -0.25) is 4.79 Å². The summed E-state index contributed by atoms with van der Waals surface area (Å²) in [5, 5.41) is 24.3. The maximum absolute atomic E-state index is 11.9. The van der Waals surface area contributed by atoms with E-state index in [1.807, 2.05) is 12.1 Å². The number of aliphatic hydroxyl groups excluding tert-OH is 1. The van der Waals surface area contributed by atoms with Crippen molar-refractivity contribution in [3.8, 4) is 0 Å². The number of carbonyl (C=O) groups excluding carboxylic acids is 1. The third-order valence-corrected chi connectivity index (χ3v) is 3.05. The standard InChI is InChI=1S/C13H18N2O3/c1-13(18,8-16)7-15-12(17)10-2-3-11-9(6-10)4-5-14-11/h2-3,6,14,16,18H,4-5,7-8H2,1H3,(H,15,17). The van der Waals surface area contributed by atoms with E-state index in [0.717, 1.165) is 24.2 Å². The fraction of sp³-hybridized carbons (Fsp3) is 0.462. The van der Waals surface area contributed by atoms with E-state index in [-0.39, 0.29) is 19.1 Å². The van der Waals surface area contributed by atoms with Crippen LogP contribution in [0.15, 0.2) is 18.2 Å². The van der Waals surface area contributed by atoms with Crippen LogP contribution in [-0.2, 0) is 6.42 Å². The Morgan fingerprint density at radius 3 is 3.06 bits per heavy atom. The molecule has 0 spiro atoms. The summed E-state index contributed by atoms with van der Waals surface area (Å²) in [6, 6.07) is 5.50. The molecule has 1 aliphatic rings. The summed E-state index contributed by atoms with van der Waals surface area (Å²) in [7, 11) is 0. The molecule has 18 heavy (non-hydrogen) atoms. The molecule has 0 radical (unpaired) electrons. The van der Waals surface area contributed by atoms with Gasteiger partial charge in [-0.15, -0.1) is 0 Å². The minimum atomic E-state index is -1.28. The van der Waals surface area contributed by atoms with Gasteiger partial charge in [-0.2, -0.15) is 0 Å². The van der Waals surface area contributed by atoms with Crippen molar-refractivity contribution >= 4 is 11.6 Å². The minimum Gasteiger partial charge on any atom is -0.393 e. The molecule has 5 nitrogen and oxygen atoms in total. The zero-order valence-electron chi connectivity index (χ0n) is 10.4. The molecule has 0 aromatic heterocycles. The van der Waals surface area contributed by atoms with Crippen molar-refractivity contribution in [3.63, 3.8) is 0 Å². The highest BCUT2D eigenvalue weighted by atomic mass is 16.3. The number of amides is 1. The lowest BCUT2D eigenvalue weighted by Gasteiger charge is -2.20. The van der Waals surface area contributed by atoms with E-state index >= 15 is 0 Å². The molecule has 1 aromatic carbocycles. The van der Waals surface area contributed by atoms with Crippen molar-refractivity contribution in [2.45, 2.75) is 18.9 Å². The lowest BCUT2D eigenvalue weighted by atomic mass is 10.1. The Morgan fingerprint density at radius 2 is 2.33 bits per heavy atom. The Balaban J connectivity index is 2.01. The van der Waals surface area contributed by atoms with Crippen molar-refractivity contribution in [3.05, 3.63) is 29.3 Å². The molecule has 1 unspecified atom stereocenters. The predicted octanol–water partition coefficient (Wildman–Crippen LogP) is 0.128. The molecule has 1 heterocycles. The van der Waals surface area contributed by atoms with Crippen LogP contribution >= 0.6 is 0 Å². The van der Waals surface area contributed by atoms with Gasteiger partial charge < -0.3 is 20.8 Å². The zero-order valence-corrected chi connectivity index (χ0v) is 10.4. The average molecular weight is 250 g/mol. The molecule has 0 bridgehead atoms. The summed E-state index contributed by atoms with van der Waals surface area (Å²) < 4.78 is 0. The third-order valence-electron chi connectivity index (χ3n) is 3.05. The van der Waals surface area contributed by atoms with Crippen molar-refractivity contribution in [1.82, 2.24) is 5.32 Å². The second kappa shape index (κ2) is 4.96. The molecule has 5 heteroatoms. The number of hydrogen-bond donors (Lipinski definition) is 4. The van der Waals surface area contributed by atoms with Crippen LogP contribution in [0.4, 0.5) is 5.69 Å². The zero-order chi connectivity index (χ0) is 13.2. The van der Waals surface area contributed by atoms with Crippen molar-refractivity contribution in [2.24, 2.45) is 0 Å². The number of rotatable bonds is 4. The third kappa shape index (κ3) is 2.80. The monoisotopic (exact) mass is 250 g/mol. The smallest absolute Gasteiger partial charge is 0.251 e. The summed E-state index contributed by atoms with van der Waals surface area (Å²) in [6.45, 7) is 2.01. The van der Waals surface area contributed by atoms with E-state index in [4.69, 9.17) is 5.11 Å². The van der Waals surface area contributed by atoms with Crippen molar-refractivity contribution in [1.29, 1.82) is 0 Å². The maximum atomic E-state index is 11.9. The van der Waals surface area contributed by atoms with Gasteiger partial charge in [-0.1, -0.05) is 0 Å². The highest BCUT2D eigenvalue weighted by Crippen LogP contribution is 2.22. The van der Waals surface area contributed by atoms with Crippen LogP contribution in [0.1, 0.15) is 22.8 Å². The summed E-state index contributed by atoms with van der Waals surface area (Å²) in [4.78, 5) is 11.9. The number of benzene rings is 1. The van der Waals surface area contributed by atoms with Gasteiger partial charge in [0, 0.05) is 24.3 Å². The molecule has 0 saturated heterocycles.